The molecule has 0 aliphatic heterocycles. The zero-order valence-corrected chi connectivity index (χ0v) is 12.1. The molecule has 0 unspecified atom stereocenters. The second-order valence-corrected chi connectivity index (χ2v) is 4.56. The lowest BCUT2D eigenvalue weighted by molar-refractivity contribution is -0.138. The number of carbonyl (C=O) groups excluding carboxylic acids is 1. The van der Waals surface area contributed by atoms with Crippen LogP contribution in [-0.4, -0.2) is 19.2 Å². The highest BCUT2D eigenvalue weighted by Crippen LogP contribution is 2.23. The van der Waals surface area contributed by atoms with Gasteiger partial charge in [0.25, 0.3) is 0 Å². The summed E-state index contributed by atoms with van der Waals surface area (Å²) in [4.78, 5) is 11.5. The molecule has 0 saturated heterocycles. The molecule has 114 valence electrons. The van der Waals surface area contributed by atoms with Gasteiger partial charge in [0, 0.05) is 11.8 Å². The highest BCUT2D eigenvalue weighted by Gasteiger charge is 2.02. The summed E-state index contributed by atoms with van der Waals surface area (Å²) in [5.74, 6) is 0.0998. The van der Waals surface area contributed by atoms with Crippen molar-refractivity contribution in [1.29, 1.82) is 0 Å². The Morgan fingerprint density at radius 2 is 1.82 bits per heavy atom. The standard InChI is InChI=1S/C17H18N2O3/c18-14-7-8-16(15(19)12-14)21-10-11-22-17(20)9-6-13-4-2-1-3-5-13/h1-9,12H,10-11,18-19H2/b9-6+. The molecule has 0 aliphatic rings. The lowest BCUT2D eigenvalue weighted by Gasteiger charge is -2.09. The van der Waals surface area contributed by atoms with Crippen LogP contribution in [0.5, 0.6) is 5.75 Å². The van der Waals surface area contributed by atoms with Gasteiger partial charge in [-0.15, -0.1) is 0 Å². The Balaban J connectivity index is 1.72. The molecule has 0 amide bonds. The summed E-state index contributed by atoms with van der Waals surface area (Å²) in [7, 11) is 0. The number of hydrogen-bond donors (Lipinski definition) is 2. The van der Waals surface area contributed by atoms with Crippen molar-refractivity contribution >= 4 is 23.4 Å². The zero-order chi connectivity index (χ0) is 15.8. The fraction of sp³-hybridized carbons (Fsp3) is 0.118. The number of ether oxygens (including phenoxy) is 2. The van der Waals surface area contributed by atoms with E-state index < -0.39 is 5.97 Å². The molecule has 2 rings (SSSR count). The Labute approximate surface area is 129 Å². The van der Waals surface area contributed by atoms with Crippen molar-refractivity contribution in [3.63, 3.8) is 0 Å². The van der Waals surface area contributed by atoms with E-state index in [9.17, 15) is 4.79 Å². The van der Waals surface area contributed by atoms with Crippen LogP contribution in [0, 0.1) is 0 Å². The predicted octanol–water partition coefficient (Wildman–Crippen LogP) is 2.49. The van der Waals surface area contributed by atoms with Crippen molar-refractivity contribution in [3.8, 4) is 5.75 Å². The van der Waals surface area contributed by atoms with Gasteiger partial charge in [-0.25, -0.2) is 4.79 Å². The first-order valence-corrected chi connectivity index (χ1v) is 6.83. The Morgan fingerprint density at radius 1 is 1.05 bits per heavy atom. The molecule has 0 radical (unpaired) electrons. The molecule has 0 aromatic heterocycles. The van der Waals surface area contributed by atoms with Gasteiger partial charge in [-0.2, -0.15) is 0 Å². The summed E-state index contributed by atoms with van der Waals surface area (Å²) in [6, 6.07) is 14.5. The van der Waals surface area contributed by atoms with Crippen LogP contribution in [0.4, 0.5) is 11.4 Å². The van der Waals surface area contributed by atoms with Gasteiger partial charge in [0.2, 0.25) is 0 Å². The van der Waals surface area contributed by atoms with Crippen molar-refractivity contribution in [1.82, 2.24) is 0 Å². The summed E-state index contributed by atoms with van der Waals surface area (Å²) < 4.78 is 10.5. The summed E-state index contributed by atoms with van der Waals surface area (Å²) in [6.07, 6.45) is 3.08. The average molecular weight is 298 g/mol. The maximum atomic E-state index is 11.5. The third kappa shape index (κ3) is 4.86. The van der Waals surface area contributed by atoms with Gasteiger partial charge in [-0.1, -0.05) is 30.3 Å². The van der Waals surface area contributed by atoms with E-state index in [2.05, 4.69) is 0 Å². The van der Waals surface area contributed by atoms with E-state index in [-0.39, 0.29) is 13.2 Å². The van der Waals surface area contributed by atoms with Gasteiger partial charge >= 0.3 is 5.97 Å². The minimum atomic E-state index is -0.419. The van der Waals surface area contributed by atoms with Crippen LogP contribution in [0.25, 0.3) is 6.08 Å². The summed E-state index contributed by atoms with van der Waals surface area (Å²) in [5.41, 5.74) is 13.3. The maximum absolute atomic E-state index is 11.5. The summed E-state index contributed by atoms with van der Waals surface area (Å²) >= 11 is 0. The predicted molar refractivity (Wildman–Crippen MR) is 87.2 cm³/mol. The minimum absolute atomic E-state index is 0.141. The third-order valence-corrected chi connectivity index (χ3v) is 2.83. The number of nitrogens with two attached hydrogens (primary N) is 2. The first kappa shape index (κ1) is 15.4. The quantitative estimate of drug-likeness (QED) is 0.370. The molecule has 0 aliphatic carbocycles. The molecule has 5 heteroatoms. The molecular weight excluding hydrogens is 280 g/mol. The third-order valence-electron chi connectivity index (χ3n) is 2.83. The van der Waals surface area contributed by atoms with E-state index >= 15 is 0 Å². The van der Waals surface area contributed by atoms with Crippen LogP contribution in [0.2, 0.25) is 0 Å². The van der Waals surface area contributed by atoms with Crippen molar-refractivity contribution < 1.29 is 14.3 Å². The SMILES string of the molecule is Nc1ccc(OCCOC(=O)/C=C/c2ccccc2)c(N)c1. The monoisotopic (exact) mass is 298 g/mol. The van der Waals surface area contributed by atoms with Gasteiger partial charge in [0.05, 0.1) is 5.69 Å². The number of nitrogen functional groups attached to an aromatic ring is 2. The molecule has 5 nitrogen and oxygen atoms in total. The van der Waals surface area contributed by atoms with E-state index in [0.29, 0.717) is 17.1 Å². The van der Waals surface area contributed by atoms with Crippen molar-refractivity contribution in [2.75, 3.05) is 24.7 Å². The lowest BCUT2D eigenvalue weighted by Crippen LogP contribution is -2.11. The lowest BCUT2D eigenvalue weighted by atomic mass is 10.2. The number of hydrogen-bond acceptors (Lipinski definition) is 5. The van der Waals surface area contributed by atoms with Crippen LogP contribution in [0.1, 0.15) is 5.56 Å². The van der Waals surface area contributed by atoms with Crippen molar-refractivity contribution in [2.45, 2.75) is 0 Å². The largest absolute Gasteiger partial charge is 0.488 e. The van der Waals surface area contributed by atoms with Crippen LogP contribution in [0.15, 0.2) is 54.6 Å². The number of benzene rings is 2. The van der Waals surface area contributed by atoms with Gasteiger partial charge < -0.3 is 20.9 Å². The van der Waals surface area contributed by atoms with E-state index in [1.807, 2.05) is 30.3 Å². The van der Waals surface area contributed by atoms with Crippen LogP contribution < -0.4 is 16.2 Å². The Kier molecular flexibility index (Phi) is 5.43. The Morgan fingerprint density at radius 3 is 2.55 bits per heavy atom. The highest BCUT2D eigenvalue weighted by atomic mass is 16.6. The molecular formula is C17H18N2O3. The van der Waals surface area contributed by atoms with Crippen molar-refractivity contribution in [3.05, 3.63) is 60.2 Å². The Hall–Kier alpha value is -2.95. The number of rotatable bonds is 6. The van der Waals surface area contributed by atoms with Gasteiger partial charge in [-0.3, -0.25) is 0 Å². The molecule has 2 aromatic rings. The maximum Gasteiger partial charge on any atom is 0.330 e. The summed E-state index contributed by atoms with van der Waals surface area (Å²) in [6.45, 7) is 0.362. The van der Waals surface area contributed by atoms with E-state index in [0.717, 1.165) is 5.56 Å². The summed E-state index contributed by atoms with van der Waals surface area (Å²) in [5, 5.41) is 0. The van der Waals surface area contributed by atoms with Crippen LogP contribution >= 0.6 is 0 Å². The van der Waals surface area contributed by atoms with Gasteiger partial charge in [0.15, 0.2) is 0 Å². The molecule has 0 atom stereocenters. The Bertz CT molecular complexity index is 654. The first-order valence-electron chi connectivity index (χ1n) is 6.83. The molecule has 0 bridgehead atoms. The molecule has 0 saturated carbocycles. The molecule has 0 spiro atoms. The fourth-order valence-electron chi connectivity index (χ4n) is 1.77. The molecule has 0 heterocycles. The number of carbonyl (C=O) groups is 1. The molecule has 2 aromatic carbocycles. The van der Waals surface area contributed by atoms with E-state index in [1.165, 1.54) is 6.08 Å². The molecule has 4 N–H and O–H groups in total. The van der Waals surface area contributed by atoms with Crippen molar-refractivity contribution in [2.24, 2.45) is 0 Å². The number of esters is 1. The van der Waals surface area contributed by atoms with Gasteiger partial charge in [-0.05, 0) is 29.8 Å². The number of anilines is 2. The zero-order valence-electron chi connectivity index (χ0n) is 12.1. The first-order chi connectivity index (χ1) is 10.6. The minimum Gasteiger partial charge on any atom is -0.488 e. The second-order valence-electron chi connectivity index (χ2n) is 4.56. The second kappa shape index (κ2) is 7.73. The van der Waals surface area contributed by atoms with Gasteiger partial charge in [0.1, 0.15) is 19.0 Å². The van der Waals surface area contributed by atoms with Crippen LogP contribution in [-0.2, 0) is 9.53 Å². The topological polar surface area (TPSA) is 87.6 Å². The highest BCUT2D eigenvalue weighted by molar-refractivity contribution is 5.87. The normalized spacial score (nSPS) is 10.5. The average Bonchev–Trinajstić information content (AvgIpc) is 2.52. The smallest absolute Gasteiger partial charge is 0.330 e. The van der Waals surface area contributed by atoms with E-state index in [4.69, 9.17) is 20.9 Å². The van der Waals surface area contributed by atoms with Crippen LogP contribution in [0.3, 0.4) is 0 Å². The molecule has 0 fully saturated rings. The fourth-order valence-corrected chi connectivity index (χ4v) is 1.77. The molecule has 22 heavy (non-hydrogen) atoms. The van der Waals surface area contributed by atoms with E-state index in [1.54, 1.807) is 24.3 Å².